The molecule has 0 radical (unpaired) electrons. The monoisotopic (exact) mass is 234 g/mol. The summed E-state index contributed by atoms with van der Waals surface area (Å²) in [6.07, 6.45) is 12.2. The van der Waals surface area contributed by atoms with E-state index in [0.717, 1.165) is 31.6 Å². The van der Waals surface area contributed by atoms with Crippen LogP contribution in [0.15, 0.2) is 12.2 Å². The number of ether oxygens (including phenoxy) is 1. The molecule has 4 atom stereocenters. The third-order valence-electron chi connectivity index (χ3n) is 5.03. The van der Waals surface area contributed by atoms with E-state index in [9.17, 15) is 4.79 Å². The van der Waals surface area contributed by atoms with E-state index in [1.807, 2.05) is 0 Å². The molecule has 0 aromatic heterocycles. The van der Waals surface area contributed by atoms with Crippen molar-refractivity contribution in [3.05, 3.63) is 12.2 Å². The maximum atomic E-state index is 12.2. The molecule has 0 spiro atoms. The fourth-order valence-corrected chi connectivity index (χ4v) is 4.00. The fraction of sp³-hybridized carbons (Fsp3) is 0.800. The lowest BCUT2D eigenvalue weighted by Gasteiger charge is -2.35. The molecule has 3 rings (SSSR count). The Bertz CT molecular complexity index is 347. The molecule has 0 heterocycles. The molecule has 0 aromatic carbocycles. The summed E-state index contributed by atoms with van der Waals surface area (Å²) in [5, 5.41) is 0. The second-order valence-corrected chi connectivity index (χ2v) is 6.30. The minimum Gasteiger partial charge on any atom is -0.459 e. The van der Waals surface area contributed by atoms with Gasteiger partial charge in [-0.25, -0.2) is 0 Å². The van der Waals surface area contributed by atoms with E-state index in [2.05, 4.69) is 19.1 Å². The molecular formula is C15H22O2. The molecular weight excluding hydrogens is 212 g/mol. The fourth-order valence-electron chi connectivity index (χ4n) is 4.00. The summed E-state index contributed by atoms with van der Waals surface area (Å²) in [5.74, 6) is 1.64. The Balaban J connectivity index is 1.63. The summed E-state index contributed by atoms with van der Waals surface area (Å²) < 4.78 is 5.90. The zero-order valence-corrected chi connectivity index (χ0v) is 10.7. The molecule has 94 valence electrons. The van der Waals surface area contributed by atoms with Gasteiger partial charge in [0.1, 0.15) is 5.60 Å². The Morgan fingerprint density at radius 3 is 2.76 bits per heavy atom. The first kappa shape index (κ1) is 11.3. The van der Waals surface area contributed by atoms with Gasteiger partial charge in [0.2, 0.25) is 0 Å². The van der Waals surface area contributed by atoms with Gasteiger partial charge in [0.25, 0.3) is 0 Å². The van der Waals surface area contributed by atoms with Gasteiger partial charge in [0.05, 0.1) is 5.92 Å². The molecule has 2 heteroatoms. The number of rotatable bonds is 2. The predicted molar refractivity (Wildman–Crippen MR) is 66.4 cm³/mol. The van der Waals surface area contributed by atoms with Gasteiger partial charge in [-0.3, -0.25) is 4.79 Å². The van der Waals surface area contributed by atoms with E-state index in [0.29, 0.717) is 5.92 Å². The number of hydrogen-bond acceptors (Lipinski definition) is 2. The lowest BCUT2D eigenvalue weighted by atomic mass is 9.85. The zero-order chi connectivity index (χ0) is 11.9. The maximum absolute atomic E-state index is 12.2. The predicted octanol–water partition coefficient (Wildman–Crippen LogP) is 3.46. The average molecular weight is 234 g/mol. The van der Waals surface area contributed by atoms with E-state index >= 15 is 0 Å². The van der Waals surface area contributed by atoms with Gasteiger partial charge in [-0.2, -0.15) is 0 Å². The Morgan fingerprint density at radius 2 is 2.18 bits per heavy atom. The van der Waals surface area contributed by atoms with Crippen LogP contribution in [0.1, 0.15) is 51.9 Å². The summed E-state index contributed by atoms with van der Waals surface area (Å²) >= 11 is 0. The van der Waals surface area contributed by atoms with E-state index < -0.39 is 0 Å². The Hall–Kier alpha value is -0.790. The number of esters is 1. The summed E-state index contributed by atoms with van der Waals surface area (Å²) in [7, 11) is 0. The largest absolute Gasteiger partial charge is 0.459 e. The number of fused-ring (bicyclic) bond motifs is 2. The first-order valence-electron chi connectivity index (χ1n) is 7.05. The molecule has 2 bridgehead atoms. The van der Waals surface area contributed by atoms with E-state index in [4.69, 9.17) is 4.74 Å². The van der Waals surface area contributed by atoms with Crippen LogP contribution in [-0.2, 0) is 9.53 Å². The highest BCUT2D eigenvalue weighted by Crippen LogP contribution is 2.52. The number of carbonyl (C=O) groups is 1. The van der Waals surface area contributed by atoms with Gasteiger partial charge in [0.15, 0.2) is 0 Å². The first-order valence-corrected chi connectivity index (χ1v) is 7.05. The summed E-state index contributed by atoms with van der Waals surface area (Å²) in [5.41, 5.74) is -0.138. The standard InChI is InChI=1S/C15H22O2/c1-15(10-11-7-8-13(15)9-11)17-14(16)12-5-3-2-4-6-12/h2-3,11-13H,4-10H2,1H3. The molecule has 2 saturated carbocycles. The van der Waals surface area contributed by atoms with Gasteiger partial charge >= 0.3 is 5.97 Å². The van der Waals surface area contributed by atoms with Gasteiger partial charge in [0, 0.05) is 0 Å². The van der Waals surface area contributed by atoms with Gasteiger partial charge in [-0.05, 0) is 63.7 Å². The Labute approximate surface area is 103 Å². The SMILES string of the molecule is CC1(OC(=O)C2CC=CCC2)CC2CCC1C2. The van der Waals surface area contributed by atoms with Crippen LogP contribution in [0.4, 0.5) is 0 Å². The molecule has 0 aromatic rings. The summed E-state index contributed by atoms with van der Waals surface area (Å²) in [6.45, 7) is 2.16. The van der Waals surface area contributed by atoms with Crippen molar-refractivity contribution in [2.75, 3.05) is 0 Å². The van der Waals surface area contributed by atoms with Crippen molar-refractivity contribution >= 4 is 5.97 Å². The second-order valence-electron chi connectivity index (χ2n) is 6.30. The van der Waals surface area contributed by atoms with Crippen molar-refractivity contribution in [3.8, 4) is 0 Å². The van der Waals surface area contributed by atoms with Crippen LogP contribution < -0.4 is 0 Å². The highest BCUT2D eigenvalue weighted by atomic mass is 16.6. The van der Waals surface area contributed by atoms with Crippen LogP contribution in [0, 0.1) is 17.8 Å². The number of hydrogen-bond donors (Lipinski definition) is 0. The van der Waals surface area contributed by atoms with Gasteiger partial charge in [-0.15, -0.1) is 0 Å². The van der Waals surface area contributed by atoms with Crippen LogP contribution in [0.25, 0.3) is 0 Å². The minimum atomic E-state index is -0.138. The average Bonchev–Trinajstić information content (AvgIpc) is 2.89. The van der Waals surface area contributed by atoms with Crippen LogP contribution in [-0.4, -0.2) is 11.6 Å². The van der Waals surface area contributed by atoms with E-state index in [1.54, 1.807) is 0 Å². The topological polar surface area (TPSA) is 26.3 Å². The lowest BCUT2D eigenvalue weighted by molar-refractivity contribution is -0.168. The smallest absolute Gasteiger partial charge is 0.309 e. The van der Waals surface area contributed by atoms with E-state index in [-0.39, 0.29) is 17.5 Å². The number of allylic oxidation sites excluding steroid dienone is 2. The molecule has 0 saturated heterocycles. The summed E-state index contributed by atoms with van der Waals surface area (Å²) in [6, 6.07) is 0. The van der Waals surface area contributed by atoms with E-state index in [1.165, 1.54) is 19.3 Å². The molecule has 0 N–H and O–H groups in total. The first-order chi connectivity index (χ1) is 8.17. The lowest BCUT2D eigenvalue weighted by Crippen LogP contribution is -2.39. The van der Waals surface area contributed by atoms with Crippen molar-refractivity contribution in [3.63, 3.8) is 0 Å². The van der Waals surface area contributed by atoms with Gasteiger partial charge < -0.3 is 4.74 Å². The Kier molecular flexibility index (Phi) is 2.76. The van der Waals surface area contributed by atoms with Crippen molar-refractivity contribution in [1.82, 2.24) is 0 Å². The third kappa shape index (κ3) is 2.02. The second kappa shape index (κ2) is 4.15. The number of carbonyl (C=O) groups excluding carboxylic acids is 1. The Morgan fingerprint density at radius 1 is 1.29 bits per heavy atom. The molecule has 3 aliphatic carbocycles. The molecule has 0 amide bonds. The quantitative estimate of drug-likeness (QED) is 0.540. The molecule has 3 aliphatic rings. The molecule has 17 heavy (non-hydrogen) atoms. The van der Waals surface area contributed by atoms with Crippen molar-refractivity contribution in [2.45, 2.75) is 57.5 Å². The zero-order valence-electron chi connectivity index (χ0n) is 10.7. The van der Waals surface area contributed by atoms with Crippen molar-refractivity contribution in [2.24, 2.45) is 17.8 Å². The molecule has 0 aliphatic heterocycles. The van der Waals surface area contributed by atoms with Crippen LogP contribution >= 0.6 is 0 Å². The molecule has 4 unspecified atom stereocenters. The van der Waals surface area contributed by atoms with Crippen molar-refractivity contribution < 1.29 is 9.53 Å². The molecule has 2 fully saturated rings. The van der Waals surface area contributed by atoms with Gasteiger partial charge in [-0.1, -0.05) is 12.2 Å². The molecule has 2 nitrogen and oxygen atoms in total. The van der Waals surface area contributed by atoms with Crippen LogP contribution in [0.5, 0.6) is 0 Å². The normalized spacial score (nSPS) is 43.9. The minimum absolute atomic E-state index is 0.0596. The highest BCUT2D eigenvalue weighted by Gasteiger charge is 2.50. The van der Waals surface area contributed by atoms with Crippen LogP contribution in [0.3, 0.4) is 0 Å². The highest BCUT2D eigenvalue weighted by molar-refractivity contribution is 5.73. The van der Waals surface area contributed by atoms with Crippen LogP contribution in [0.2, 0.25) is 0 Å². The third-order valence-corrected chi connectivity index (χ3v) is 5.03. The summed E-state index contributed by atoms with van der Waals surface area (Å²) in [4.78, 5) is 12.2. The van der Waals surface area contributed by atoms with Crippen molar-refractivity contribution in [1.29, 1.82) is 0 Å². The maximum Gasteiger partial charge on any atom is 0.309 e.